The molecule has 18 heavy (non-hydrogen) atoms. The van der Waals surface area contributed by atoms with Crippen LogP contribution in [0.2, 0.25) is 0 Å². The van der Waals surface area contributed by atoms with Gasteiger partial charge in [-0.15, -0.1) is 0 Å². The first-order chi connectivity index (χ1) is 8.28. The molecule has 3 nitrogen and oxygen atoms in total. The maximum atomic E-state index is 11.0. The molecule has 1 aliphatic heterocycles. The van der Waals surface area contributed by atoms with E-state index in [0.717, 1.165) is 17.4 Å². The van der Waals surface area contributed by atoms with Crippen LogP contribution in [0, 0.1) is 6.92 Å². The number of rotatable bonds is 2. The highest BCUT2D eigenvalue weighted by Gasteiger charge is 2.49. The summed E-state index contributed by atoms with van der Waals surface area (Å²) in [4.78, 5) is 11.0. The molecule has 0 bridgehead atoms. The van der Waals surface area contributed by atoms with E-state index in [9.17, 15) is 4.79 Å². The lowest BCUT2D eigenvalue weighted by Gasteiger charge is -2.30. The lowest BCUT2D eigenvalue weighted by molar-refractivity contribution is -0.0899. The highest BCUT2D eigenvalue weighted by molar-refractivity contribution is 5.77. The summed E-state index contributed by atoms with van der Waals surface area (Å²) in [5.74, 6) is 0. The summed E-state index contributed by atoms with van der Waals surface area (Å²) in [6, 6.07) is 5.61. The lowest BCUT2D eigenvalue weighted by atomic mass is 9.90. The summed E-state index contributed by atoms with van der Waals surface area (Å²) in [7, 11) is 0. The number of carbonyl (C=O) groups excluding carboxylic acids is 1. The molecule has 0 aromatic heterocycles. The Kier molecular flexibility index (Phi) is 3.07. The quantitative estimate of drug-likeness (QED) is 0.752. The van der Waals surface area contributed by atoms with Gasteiger partial charge in [-0.05, 0) is 40.2 Å². The molecule has 0 amide bonds. The van der Waals surface area contributed by atoms with Crippen molar-refractivity contribution in [3.63, 3.8) is 0 Å². The average molecular weight is 248 g/mol. The molecule has 98 valence electrons. The number of carbonyl (C=O) groups is 1. The smallest absolute Gasteiger partial charge is 0.185 e. The predicted molar refractivity (Wildman–Crippen MR) is 69.6 cm³/mol. The number of hydrogen-bond acceptors (Lipinski definition) is 3. The maximum absolute atomic E-state index is 11.0. The average Bonchev–Trinajstić information content (AvgIpc) is 2.48. The second kappa shape index (κ2) is 4.18. The SMILES string of the molecule is Cc1c(C=O)cccc1C1OC(C)(C)C(C)(C)O1. The highest BCUT2D eigenvalue weighted by atomic mass is 16.7. The molecule has 0 spiro atoms. The summed E-state index contributed by atoms with van der Waals surface area (Å²) in [5.41, 5.74) is 1.81. The molecule has 1 fully saturated rings. The first-order valence-electron chi connectivity index (χ1n) is 6.19. The first-order valence-corrected chi connectivity index (χ1v) is 6.19. The van der Waals surface area contributed by atoms with Crippen LogP contribution in [-0.4, -0.2) is 17.5 Å². The largest absolute Gasteiger partial charge is 0.339 e. The summed E-state index contributed by atoms with van der Waals surface area (Å²) >= 11 is 0. The van der Waals surface area contributed by atoms with E-state index in [2.05, 4.69) is 0 Å². The third kappa shape index (κ3) is 1.98. The van der Waals surface area contributed by atoms with Crippen LogP contribution in [0.1, 0.15) is 55.5 Å². The molecule has 1 aliphatic rings. The molecule has 0 radical (unpaired) electrons. The minimum atomic E-state index is -0.408. The number of hydrogen-bond donors (Lipinski definition) is 0. The highest BCUT2D eigenvalue weighted by Crippen LogP contribution is 2.45. The number of ether oxygens (including phenoxy) is 2. The minimum absolute atomic E-state index is 0.360. The van der Waals surface area contributed by atoms with Crippen LogP contribution in [-0.2, 0) is 9.47 Å². The zero-order valence-electron chi connectivity index (χ0n) is 11.6. The molecule has 0 saturated carbocycles. The fraction of sp³-hybridized carbons (Fsp3) is 0.533. The van der Waals surface area contributed by atoms with Gasteiger partial charge in [0.05, 0.1) is 11.2 Å². The number of aldehydes is 1. The molecular formula is C15H20O3. The maximum Gasteiger partial charge on any atom is 0.185 e. The third-order valence-corrected chi connectivity index (χ3v) is 4.05. The summed E-state index contributed by atoms with van der Waals surface area (Å²) < 4.78 is 12.0. The van der Waals surface area contributed by atoms with Crippen molar-refractivity contribution in [3.8, 4) is 0 Å². The second-order valence-electron chi connectivity index (χ2n) is 5.77. The molecule has 1 aromatic carbocycles. The van der Waals surface area contributed by atoms with Crippen LogP contribution in [0.4, 0.5) is 0 Å². The molecule has 2 rings (SSSR count). The van der Waals surface area contributed by atoms with E-state index in [-0.39, 0.29) is 11.2 Å². The molecule has 0 aliphatic carbocycles. The van der Waals surface area contributed by atoms with Gasteiger partial charge in [-0.2, -0.15) is 0 Å². The Balaban J connectivity index is 2.38. The van der Waals surface area contributed by atoms with Gasteiger partial charge in [0.2, 0.25) is 0 Å². The molecule has 1 aromatic rings. The van der Waals surface area contributed by atoms with Gasteiger partial charge in [-0.25, -0.2) is 0 Å². The number of benzene rings is 1. The van der Waals surface area contributed by atoms with E-state index in [1.54, 1.807) is 6.07 Å². The van der Waals surface area contributed by atoms with Gasteiger partial charge >= 0.3 is 0 Å². The fourth-order valence-corrected chi connectivity index (χ4v) is 2.03. The van der Waals surface area contributed by atoms with E-state index in [1.165, 1.54) is 0 Å². The van der Waals surface area contributed by atoms with Crippen molar-refractivity contribution in [2.24, 2.45) is 0 Å². The predicted octanol–water partition coefficient (Wildman–Crippen LogP) is 3.41. The second-order valence-corrected chi connectivity index (χ2v) is 5.77. The van der Waals surface area contributed by atoms with Crippen molar-refractivity contribution in [2.75, 3.05) is 0 Å². The van der Waals surface area contributed by atoms with Gasteiger partial charge in [0, 0.05) is 11.1 Å². The Morgan fingerprint density at radius 2 is 1.67 bits per heavy atom. The Hall–Kier alpha value is -1.19. The fourth-order valence-electron chi connectivity index (χ4n) is 2.03. The van der Waals surface area contributed by atoms with E-state index in [0.29, 0.717) is 5.56 Å². The zero-order chi connectivity index (χ0) is 13.6. The van der Waals surface area contributed by atoms with Crippen molar-refractivity contribution in [3.05, 3.63) is 34.9 Å². The Morgan fingerprint density at radius 1 is 1.11 bits per heavy atom. The topological polar surface area (TPSA) is 35.5 Å². The Morgan fingerprint density at radius 3 is 2.17 bits per heavy atom. The van der Waals surface area contributed by atoms with Crippen molar-refractivity contribution < 1.29 is 14.3 Å². The Labute approximate surface area is 108 Å². The van der Waals surface area contributed by atoms with Gasteiger partial charge in [0.25, 0.3) is 0 Å². The minimum Gasteiger partial charge on any atom is -0.339 e. The van der Waals surface area contributed by atoms with E-state index in [1.807, 2.05) is 46.8 Å². The third-order valence-electron chi connectivity index (χ3n) is 4.05. The Bertz CT molecular complexity index is 459. The summed E-state index contributed by atoms with van der Waals surface area (Å²) in [6.45, 7) is 10.00. The monoisotopic (exact) mass is 248 g/mol. The van der Waals surface area contributed by atoms with Gasteiger partial charge in [0.15, 0.2) is 6.29 Å². The summed E-state index contributed by atoms with van der Waals surface area (Å²) in [6.07, 6.45) is 0.458. The van der Waals surface area contributed by atoms with Crippen molar-refractivity contribution >= 4 is 6.29 Å². The van der Waals surface area contributed by atoms with Gasteiger partial charge in [-0.3, -0.25) is 4.79 Å². The van der Waals surface area contributed by atoms with Gasteiger partial charge in [0.1, 0.15) is 6.29 Å². The standard InChI is InChI=1S/C15H20O3/c1-10-11(9-16)7-6-8-12(10)13-17-14(2,3)15(4,5)18-13/h6-9,13H,1-5H3. The lowest BCUT2D eigenvalue weighted by Crippen LogP contribution is -2.41. The normalized spacial score (nSPS) is 22.1. The van der Waals surface area contributed by atoms with Gasteiger partial charge < -0.3 is 9.47 Å². The van der Waals surface area contributed by atoms with Crippen LogP contribution in [0.25, 0.3) is 0 Å². The van der Waals surface area contributed by atoms with Crippen LogP contribution in [0.5, 0.6) is 0 Å². The zero-order valence-corrected chi connectivity index (χ0v) is 11.6. The van der Waals surface area contributed by atoms with Crippen molar-refractivity contribution in [1.29, 1.82) is 0 Å². The molecule has 0 unspecified atom stereocenters. The van der Waals surface area contributed by atoms with Crippen LogP contribution in [0.3, 0.4) is 0 Å². The van der Waals surface area contributed by atoms with Crippen molar-refractivity contribution in [2.45, 2.75) is 52.1 Å². The van der Waals surface area contributed by atoms with E-state index in [4.69, 9.17) is 9.47 Å². The molecule has 0 N–H and O–H groups in total. The van der Waals surface area contributed by atoms with Crippen molar-refractivity contribution in [1.82, 2.24) is 0 Å². The van der Waals surface area contributed by atoms with Gasteiger partial charge in [-0.1, -0.05) is 18.2 Å². The summed E-state index contributed by atoms with van der Waals surface area (Å²) in [5, 5.41) is 0. The van der Waals surface area contributed by atoms with Crippen LogP contribution in [0.15, 0.2) is 18.2 Å². The molecule has 1 saturated heterocycles. The van der Waals surface area contributed by atoms with E-state index < -0.39 is 6.29 Å². The molecule has 3 heteroatoms. The van der Waals surface area contributed by atoms with E-state index >= 15 is 0 Å². The van der Waals surface area contributed by atoms with Crippen LogP contribution >= 0.6 is 0 Å². The molecular weight excluding hydrogens is 228 g/mol. The molecule has 0 atom stereocenters. The van der Waals surface area contributed by atoms with Crippen LogP contribution < -0.4 is 0 Å². The first kappa shape index (κ1) is 13.2. The molecule has 1 heterocycles.